The van der Waals surface area contributed by atoms with Crippen molar-refractivity contribution in [1.82, 2.24) is 4.98 Å². The van der Waals surface area contributed by atoms with E-state index < -0.39 is 12.0 Å². The Bertz CT molecular complexity index is 417. The molecule has 0 spiro atoms. The number of aromatic amines is 1. The van der Waals surface area contributed by atoms with Crippen LogP contribution in [0.2, 0.25) is 0 Å². The minimum atomic E-state index is -2.68. The Labute approximate surface area is 72.6 Å². The molecule has 1 N–H and O–H groups in total. The van der Waals surface area contributed by atoms with Crippen molar-refractivity contribution in [2.45, 2.75) is 13.3 Å². The van der Waals surface area contributed by atoms with Crippen LogP contribution in [0.15, 0.2) is 11.0 Å². The summed E-state index contributed by atoms with van der Waals surface area (Å²) in [5, 5.41) is 8.49. The summed E-state index contributed by atoms with van der Waals surface area (Å²) in [6.07, 6.45) is -1.74. The zero-order chi connectivity index (χ0) is 10.0. The van der Waals surface area contributed by atoms with E-state index in [2.05, 4.69) is 4.98 Å². The molecular formula is C8H6F2N2O. The SMILES string of the molecule is Cc1c(C(F)F)c[nH]c(=O)c1C#N. The maximum absolute atomic E-state index is 12.2. The van der Waals surface area contributed by atoms with Crippen molar-refractivity contribution in [1.29, 1.82) is 5.26 Å². The maximum Gasteiger partial charge on any atom is 0.266 e. The van der Waals surface area contributed by atoms with E-state index in [1.54, 1.807) is 6.07 Å². The van der Waals surface area contributed by atoms with Gasteiger partial charge in [0, 0.05) is 11.8 Å². The molecule has 0 unspecified atom stereocenters. The van der Waals surface area contributed by atoms with Crippen LogP contribution in [0.3, 0.4) is 0 Å². The fourth-order valence-corrected chi connectivity index (χ4v) is 1.000. The Morgan fingerprint density at radius 1 is 1.62 bits per heavy atom. The first kappa shape index (κ1) is 9.39. The van der Waals surface area contributed by atoms with Gasteiger partial charge in [-0.05, 0) is 12.5 Å². The third-order valence-electron chi connectivity index (χ3n) is 1.74. The number of nitrogens with zero attached hydrogens (tertiary/aromatic N) is 1. The van der Waals surface area contributed by atoms with Crippen molar-refractivity contribution >= 4 is 0 Å². The number of alkyl halides is 2. The quantitative estimate of drug-likeness (QED) is 0.718. The summed E-state index contributed by atoms with van der Waals surface area (Å²) < 4.78 is 24.5. The number of halogens is 2. The first-order valence-corrected chi connectivity index (χ1v) is 3.48. The van der Waals surface area contributed by atoms with Crippen LogP contribution >= 0.6 is 0 Å². The molecule has 0 aliphatic rings. The lowest BCUT2D eigenvalue weighted by atomic mass is 10.1. The summed E-state index contributed by atoms with van der Waals surface area (Å²) in [6, 6.07) is 1.58. The minimum absolute atomic E-state index is 0.0428. The van der Waals surface area contributed by atoms with E-state index in [-0.39, 0.29) is 16.7 Å². The van der Waals surface area contributed by atoms with Gasteiger partial charge in [0.1, 0.15) is 11.6 Å². The summed E-state index contributed by atoms with van der Waals surface area (Å²) in [5.41, 5.74) is -1.15. The number of nitrogens with one attached hydrogen (secondary N) is 1. The van der Waals surface area contributed by atoms with Crippen LogP contribution in [0.25, 0.3) is 0 Å². The molecule has 0 aliphatic carbocycles. The molecule has 0 aromatic carbocycles. The van der Waals surface area contributed by atoms with E-state index >= 15 is 0 Å². The number of hydrogen-bond donors (Lipinski definition) is 1. The molecule has 0 atom stereocenters. The Morgan fingerprint density at radius 2 is 2.23 bits per heavy atom. The first-order chi connectivity index (χ1) is 6.07. The molecule has 0 saturated heterocycles. The van der Waals surface area contributed by atoms with Crippen molar-refractivity contribution in [2.24, 2.45) is 0 Å². The largest absolute Gasteiger partial charge is 0.327 e. The topological polar surface area (TPSA) is 56.6 Å². The fourth-order valence-electron chi connectivity index (χ4n) is 1.000. The second kappa shape index (κ2) is 3.35. The predicted molar refractivity (Wildman–Crippen MR) is 41.5 cm³/mol. The molecule has 0 amide bonds. The van der Waals surface area contributed by atoms with E-state index in [0.29, 0.717) is 0 Å². The Hall–Kier alpha value is -1.70. The second-order valence-corrected chi connectivity index (χ2v) is 2.49. The van der Waals surface area contributed by atoms with Gasteiger partial charge in [-0.3, -0.25) is 4.79 Å². The van der Waals surface area contributed by atoms with E-state index in [0.717, 1.165) is 6.20 Å². The summed E-state index contributed by atoms with van der Waals surface area (Å²) >= 11 is 0. The number of nitriles is 1. The Kier molecular flexibility index (Phi) is 2.42. The fraction of sp³-hybridized carbons (Fsp3) is 0.250. The van der Waals surface area contributed by atoms with E-state index in [1.165, 1.54) is 6.92 Å². The lowest BCUT2D eigenvalue weighted by Gasteiger charge is -2.03. The summed E-state index contributed by atoms with van der Waals surface area (Å²) in [5.74, 6) is 0. The second-order valence-electron chi connectivity index (χ2n) is 2.49. The number of pyridine rings is 1. The molecule has 1 aromatic heterocycles. The van der Waals surface area contributed by atoms with E-state index in [1.807, 2.05) is 0 Å². The third kappa shape index (κ3) is 1.56. The van der Waals surface area contributed by atoms with Crippen LogP contribution < -0.4 is 5.56 Å². The molecule has 3 nitrogen and oxygen atoms in total. The number of rotatable bonds is 1. The average Bonchev–Trinajstić information content (AvgIpc) is 2.04. The highest BCUT2D eigenvalue weighted by atomic mass is 19.3. The van der Waals surface area contributed by atoms with Crippen molar-refractivity contribution in [3.05, 3.63) is 33.2 Å². The van der Waals surface area contributed by atoms with Gasteiger partial charge in [0.05, 0.1) is 0 Å². The van der Waals surface area contributed by atoms with Crippen LogP contribution in [0.1, 0.15) is 23.1 Å². The van der Waals surface area contributed by atoms with Crippen LogP contribution in [0.4, 0.5) is 8.78 Å². The van der Waals surface area contributed by atoms with Gasteiger partial charge in [-0.1, -0.05) is 0 Å². The van der Waals surface area contributed by atoms with Gasteiger partial charge < -0.3 is 4.98 Å². The van der Waals surface area contributed by atoms with Gasteiger partial charge in [-0.2, -0.15) is 5.26 Å². The van der Waals surface area contributed by atoms with Gasteiger partial charge in [0.15, 0.2) is 0 Å². The summed E-state index contributed by atoms with van der Waals surface area (Å²) in [7, 11) is 0. The number of hydrogen-bond acceptors (Lipinski definition) is 2. The Morgan fingerprint density at radius 3 is 2.69 bits per heavy atom. The van der Waals surface area contributed by atoms with Crippen molar-refractivity contribution in [3.8, 4) is 6.07 Å². The molecule has 1 rings (SSSR count). The van der Waals surface area contributed by atoms with Gasteiger partial charge in [-0.25, -0.2) is 8.78 Å². The average molecular weight is 184 g/mol. The van der Waals surface area contributed by atoms with Gasteiger partial charge in [0.2, 0.25) is 0 Å². The number of aromatic nitrogens is 1. The van der Waals surface area contributed by atoms with Crippen molar-refractivity contribution in [2.75, 3.05) is 0 Å². The van der Waals surface area contributed by atoms with Crippen molar-refractivity contribution < 1.29 is 8.78 Å². The molecule has 0 fully saturated rings. The summed E-state index contributed by atoms with van der Waals surface area (Å²) in [4.78, 5) is 13.0. The summed E-state index contributed by atoms with van der Waals surface area (Å²) in [6.45, 7) is 1.33. The molecule has 13 heavy (non-hydrogen) atoms. The van der Waals surface area contributed by atoms with Gasteiger partial charge in [0.25, 0.3) is 12.0 Å². The van der Waals surface area contributed by atoms with E-state index in [9.17, 15) is 13.6 Å². The van der Waals surface area contributed by atoms with E-state index in [4.69, 9.17) is 5.26 Å². The molecule has 68 valence electrons. The predicted octanol–water partition coefficient (Wildman–Crippen LogP) is 1.49. The highest BCUT2D eigenvalue weighted by molar-refractivity contribution is 5.39. The molecular weight excluding hydrogens is 178 g/mol. The van der Waals surface area contributed by atoms with Crippen LogP contribution in [-0.2, 0) is 0 Å². The molecule has 1 aromatic rings. The zero-order valence-electron chi connectivity index (χ0n) is 6.77. The molecule has 0 radical (unpaired) electrons. The van der Waals surface area contributed by atoms with Gasteiger partial charge >= 0.3 is 0 Å². The first-order valence-electron chi connectivity index (χ1n) is 3.48. The minimum Gasteiger partial charge on any atom is -0.327 e. The smallest absolute Gasteiger partial charge is 0.266 e. The lowest BCUT2D eigenvalue weighted by molar-refractivity contribution is 0.150. The maximum atomic E-state index is 12.2. The van der Waals surface area contributed by atoms with Gasteiger partial charge in [-0.15, -0.1) is 0 Å². The zero-order valence-corrected chi connectivity index (χ0v) is 6.77. The third-order valence-corrected chi connectivity index (χ3v) is 1.74. The molecule has 0 aliphatic heterocycles. The van der Waals surface area contributed by atoms with Crippen LogP contribution in [0.5, 0.6) is 0 Å². The molecule has 5 heteroatoms. The monoisotopic (exact) mass is 184 g/mol. The molecule has 0 saturated carbocycles. The highest BCUT2D eigenvalue weighted by Gasteiger charge is 2.15. The normalized spacial score (nSPS) is 10.1. The standard InChI is InChI=1S/C8H6F2N2O/c1-4-5(2-11)8(13)12-3-6(4)7(9)10/h3,7H,1H3,(H,12,13). The Balaban J connectivity index is 3.47. The lowest BCUT2D eigenvalue weighted by Crippen LogP contribution is -2.13. The molecule has 0 bridgehead atoms. The van der Waals surface area contributed by atoms with Crippen LogP contribution in [-0.4, -0.2) is 4.98 Å². The highest BCUT2D eigenvalue weighted by Crippen LogP contribution is 2.21. The number of H-pyrrole nitrogens is 1. The molecule has 1 heterocycles. The van der Waals surface area contributed by atoms with Crippen LogP contribution in [0, 0.1) is 18.3 Å². The van der Waals surface area contributed by atoms with Crippen molar-refractivity contribution in [3.63, 3.8) is 0 Å².